The molecule has 4 heterocycles. The minimum atomic E-state index is -1.60. The summed E-state index contributed by atoms with van der Waals surface area (Å²) in [5, 5.41) is 13.1. The van der Waals surface area contributed by atoms with Gasteiger partial charge in [0.15, 0.2) is 0 Å². The molecule has 0 atom stereocenters. The van der Waals surface area contributed by atoms with E-state index < -0.39 is 16.1 Å². The van der Waals surface area contributed by atoms with Crippen LogP contribution in [0.25, 0.3) is 98.4 Å². The molecule has 2 aliphatic carbocycles. The van der Waals surface area contributed by atoms with E-state index in [2.05, 4.69) is 288 Å². The van der Waals surface area contributed by atoms with E-state index in [-0.39, 0.29) is 0 Å². The number of hydrogen-bond donors (Lipinski definition) is 0. The second kappa shape index (κ2) is 21.4. The lowest BCUT2D eigenvalue weighted by atomic mass is 9.83. The van der Waals surface area contributed by atoms with Crippen LogP contribution in [0, 0.1) is 0 Å². The predicted molar refractivity (Wildman–Crippen MR) is 394 cm³/mol. The minimum absolute atomic E-state index is 0.585. The SMILES string of the molecule is C[Si](C)(C)c1ccc(N(c2ccc(C3CCCCC3)cc2-c2ccccc2)c2ccc3c4cc5c(cc4n4c6ccccc6c2c34)c2ccc(N(c3ccc([Si](C)(C)C)cc3)c3ccc(C4CCCCC4)cc3-c3ccccc3)c3c4ccccc4n5c23)cc1. The summed E-state index contributed by atoms with van der Waals surface area (Å²) in [4.78, 5) is 5.21. The van der Waals surface area contributed by atoms with Crippen LogP contribution in [-0.2, 0) is 0 Å². The molecule has 4 nitrogen and oxygen atoms in total. The van der Waals surface area contributed by atoms with Crippen molar-refractivity contribution in [3.63, 3.8) is 0 Å². The van der Waals surface area contributed by atoms with Gasteiger partial charge in [-0.25, -0.2) is 0 Å². The maximum Gasteiger partial charge on any atom is 0.0775 e. The topological polar surface area (TPSA) is 15.3 Å². The van der Waals surface area contributed by atoms with Gasteiger partial charge in [0.1, 0.15) is 0 Å². The van der Waals surface area contributed by atoms with E-state index in [0.717, 1.165) is 0 Å². The lowest BCUT2D eigenvalue weighted by Gasteiger charge is -2.31. The van der Waals surface area contributed by atoms with Gasteiger partial charge in [-0.05, 0) is 145 Å². The van der Waals surface area contributed by atoms with Gasteiger partial charge < -0.3 is 18.6 Å². The molecule has 11 aromatic carbocycles. The van der Waals surface area contributed by atoms with E-state index >= 15 is 0 Å². The van der Waals surface area contributed by atoms with Crippen molar-refractivity contribution in [2.75, 3.05) is 9.80 Å². The first-order valence-corrected chi connectivity index (χ1v) is 40.5. The van der Waals surface area contributed by atoms with E-state index in [1.807, 2.05) is 0 Å². The van der Waals surface area contributed by atoms with Crippen LogP contribution in [0.15, 0.2) is 231 Å². The third kappa shape index (κ3) is 8.87. The number of nitrogens with zero attached hydrogens (tertiary/aromatic N) is 4. The molecule has 0 amide bonds. The molecule has 0 unspecified atom stereocenters. The minimum Gasteiger partial charge on any atom is -0.309 e. The van der Waals surface area contributed by atoms with Gasteiger partial charge in [0.05, 0.1) is 72.0 Å². The highest BCUT2D eigenvalue weighted by Crippen LogP contribution is 2.54. The summed E-state index contributed by atoms with van der Waals surface area (Å²) >= 11 is 0. The number of fused-ring (bicyclic) bond motifs is 12. The van der Waals surface area contributed by atoms with Gasteiger partial charge in [-0.3, -0.25) is 0 Å². The van der Waals surface area contributed by atoms with Crippen molar-refractivity contribution in [2.45, 2.75) is 115 Å². The Morgan fingerprint density at radius 2 is 0.678 bits per heavy atom. The van der Waals surface area contributed by atoms with E-state index in [1.165, 1.54) is 218 Å². The Bertz CT molecular complexity index is 4880. The molecule has 2 aliphatic rings. The summed E-state index contributed by atoms with van der Waals surface area (Å²) in [5.41, 5.74) is 22.6. The van der Waals surface area contributed by atoms with Crippen molar-refractivity contribution < 1.29 is 0 Å². The fraction of sp³-hybridized carbons (Fsp3) is 0.214. The van der Waals surface area contributed by atoms with Crippen molar-refractivity contribution in [3.8, 4) is 22.3 Å². The zero-order valence-corrected chi connectivity index (χ0v) is 55.0. The molecule has 0 N–H and O–H groups in total. The standard InChI is InChI=1S/C84H78N4Si2/c1-89(2,3)63-41-37-61(38-42-63)85(75-47-35-59(55-23-11-7-12-24-55)51-69(75)57-27-15-9-16-28-57)77-49-45-65-71-53-80-72(54-79(71)87-73-33-21-19-31-67(73)81(77)83(65)87)66-46-50-78(82-68-32-20-22-34-74(68)88(80)84(66)82)86(62-39-43-64(44-40-62)90(4,5)6)76-48-36-60(56-25-13-8-14-26-56)52-70(76)58-29-17-10-18-30-58/h9-10,15-22,27-56H,7-8,11-14,23-26H2,1-6H3. The Morgan fingerprint density at radius 3 is 1.07 bits per heavy atom. The van der Waals surface area contributed by atoms with Crippen molar-refractivity contribution in [1.82, 2.24) is 8.80 Å². The van der Waals surface area contributed by atoms with Crippen LogP contribution in [-0.4, -0.2) is 24.9 Å². The molecule has 17 rings (SSSR count). The molecule has 0 spiro atoms. The molecule has 2 fully saturated rings. The molecule has 0 saturated heterocycles. The highest BCUT2D eigenvalue weighted by atomic mass is 28.3. The van der Waals surface area contributed by atoms with Crippen molar-refractivity contribution in [1.29, 1.82) is 0 Å². The maximum absolute atomic E-state index is 2.61. The zero-order valence-electron chi connectivity index (χ0n) is 53.0. The Labute approximate surface area is 531 Å². The molecule has 15 aromatic rings. The largest absolute Gasteiger partial charge is 0.309 e. The molecule has 6 heteroatoms. The summed E-state index contributed by atoms with van der Waals surface area (Å²) in [6.07, 6.45) is 13.0. The summed E-state index contributed by atoms with van der Waals surface area (Å²) < 4.78 is 5.22. The molecule has 0 bridgehead atoms. The molecular formula is C84H78N4Si2. The van der Waals surface area contributed by atoms with E-state index in [4.69, 9.17) is 0 Å². The fourth-order valence-corrected chi connectivity index (χ4v) is 18.8. The van der Waals surface area contributed by atoms with Crippen LogP contribution in [0.1, 0.15) is 87.2 Å². The first-order valence-electron chi connectivity index (χ1n) is 33.5. The smallest absolute Gasteiger partial charge is 0.0775 e. The Morgan fingerprint density at radius 1 is 0.311 bits per heavy atom. The van der Waals surface area contributed by atoms with E-state index in [9.17, 15) is 0 Å². The second-order valence-electron chi connectivity index (χ2n) is 28.5. The van der Waals surface area contributed by atoms with Gasteiger partial charge in [0.2, 0.25) is 0 Å². The number of para-hydroxylation sites is 2. The second-order valence-corrected chi connectivity index (χ2v) is 38.7. The van der Waals surface area contributed by atoms with Crippen LogP contribution in [0.2, 0.25) is 39.3 Å². The van der Waals surface area contributed by atoms with E-state index in [1.54, 1.807) is 0 Å². The van der Waals surface area contributed by atoms with Crippen LogP contribution < -0.4 is 20.2 Å². The Balaban J connectivity index is 0.906. The highest BCUT2D eigenvalue weighted by Gasteiger charge is 2.31. The monoisotopic (exact) mass is 1200 g/mol. The maximum atomic E-state index is 2.61. The molecule has 2 saturated carbocycles. The lowest BCUT2D eigenvalue weighted by Crippen LogP contribution is -2.37. The Hall–Kier alpha value is -8.95. The highest BCUT2D eigenvalue weighted by molar-refractivity contribution is 6.89. The fourth-order valence-electron chi connectivity index (χ4n) is 16.5. The molecule has 0 radical (unpaired) electrons. The quantitative estimate of drug-likeness (QED) is 0.113. The number of hydrogen-bond acceptors (Lipinski definition) is 2. The van der Waals surface area contributed by atoms with Crippen molar-refractivity contribution >= 4 is 137 Å². The summed E-state index contributed by atoms with van der Waals surface area (Å²) in [6, 6.07) is 89.9. The number of anilines is 6. The average molecular weight is 1200 g/mol. The first kappa shape index (κ1) is 55.1. The lowest BCUT2D eigenvalue weighted by molar-refractivity contribution is 0.444. The third-order valence-electron chi connectivity index (χ3n) is 21.1. The van der Waals surface area contributed by atoms with Gasteiger partial charge in [-0.1, -0.05) is 234 Å². The third-order valence-corrected chi connectivity index (χ3v) is 25.2. The zero-order chi connectivity index (χ0) is 60.6. The number of benzene rings is 11. The van der Waals surface area contributed by atoms with Gasteiger partial charge >= 0.3 is 0 Å². The van der Waals surface area contributed by atoms with Gasteiger partial charge in [-0.2, -0.15) is 0 Å². The van der Waals surface area contributed by atoms with Gasteiger partial charge in [0.25, 0.3) is 0 Å². The molecule has 4 aromatic heterocycles. The number of aromatic nitrogens is 2. The molecular weight excluding hydrogens is 1120 g/mol. The first-order chi connectivity index (χ1) is 43.9. The summed E-state index contributed by atoms with van der Waals surface area (Å²) in [7, 11) is -3.19. The molecule has 90 heavy (non-hydrogen) atoms. The van der Waals surface area contributed by atoms with Crippen LogP contribution >= 0.6 is 0 Å². The van der Waals surface area contributed by atoms with Crippen molar-refractivity contribution in [3.05, 3.63) is 242 Å². The van der Waals surface area contributed by atoms with Crippen LogP contribution in [0.5, 0.6) is 0 Å². The summed E-state index contributed by atoms with van der Waals surface area (Å²) in [6.45, 7) is 14.7. The average Bonchev–Trinajstić information content (AvgIpc) is 1.52. The predicted octanol–water partition coefficient (Wildman–Crippen LogP) is 23.4. The van der Waals surface area contributed by atoms with Gasteiger partial charge in [0, 0.05) is 65.6 Å². The number of rotatable bonds is 12. The van der Waals surface area contributed by atoms with Gasteiger partial charge in [-0.15, -0.1) is 0 Å². The van der Waals surface area contributed by atoms with Crippen LogP contribution in [0.3, 0.4) is 0 Å². The summed E-state index contributed by atoms with van der Waals surface area (Å²) in [5.74, 6) is 1.17. The van der Waals surface area contributed by atoms with Crippen molar-refractivity contribution in [2.24, 2.45) is 0 Å². The molecule has 442 valence electrons. The van der Waals surface area contributed by atoms with Crippen LogP contribution in [0.4, 0.5) is 34.1 Å². The van der Waals surface area contributed by atoms with E-state index in [0.29, 0.717) is 11.8 Å². The Kier molecular flexibility index (Phi) is 13.1. The molecule has 0 aliphatic heterocycles. The normalized spacial score (nSPS) is 14.9.